The van der Waals surface area contributed by atoms with Crippen molar-refractivity contribution in [3.05, 3.63) is 53.7 Å². The lowest BCUT2D eigenvalue weighted by atomic mass is 10.1. The van der Waals surface area contributed by atoms with Gasteiger partial charge in [-0.3, -0.25) is 4.98 Å². The molecule has 0 amide bonds. The smallest absolute Gasteiger partial charge is 0.136 e. The van der Waals surface area contributed by atoms with Crippen molar-refractivity contribution in [3.63, 3.8) is 0 Å². The van der Waals surface area contributed by atoms with Crippen LogP contribution in [0.15, 0.2) is 53.1 Å². The van der Waals surface area contributed by atoms with Crippen LogP contribution in [0.2, 0.25) is 5.02 Å². The van der Waals surface area contributed by atoms with Gasteiger partial charge in [0.05, 0.1) is 5.52 Å². The Hall–Kier alpha value is -2.06. The molecule has 0 saturated carbocycles. The van der Waals surface area contributed by atoms with E-state index in [1.165, 1.54) is 0 Å². The number of halogens is 1. The summed E-state index contributed by atoms with van der Waals surface area (Å²) in [5.41, 5.74) is 2.66. The van der Waals surface area contributed by atoms with Crippen molar-refractivity contribution in [3.8, 4) is 0 Å². The van der Waals surface area contributed by atoms with Gasteiger partial charge in [0.25, 0.3) is 0 Å². The minimum Gasteiger partial charge on any atom is -0.456 e. The number of furan rings is 1. The van der Waals surface area contributed by atoms with Crippen LogP contribution in [-0.4, -0.2) is 4.98 Å². The van der Waals surface area contributed by atoms with Gasteiger partial charge in [-0.25, -0.2) is 0 Å². The highest BCUT2D eigenvalue weighted by molar-refractivity contribution is 6.31. The van der Waals surface area contributed by atoms with Gasteiger partial charge in [-0.05, 0) is 30.3 Å². The van der Waals surface area contributed by atoms with Crippen LogP contribution in [0.5, 0.6) is 0 Å². The number of pyridine rings is 1. The molecule has 0 bridgehead atoms. The number of benzene rings is 2. The zero-order valence-electron chi connectivity index (χ0n) is 9.35. The number of aromatic nitrogens is 1. The number of hydrogen-bond acceptors (Lipinski definition) is 2. The summed E-state index contributed by atoms with van der Waals surface area (Å²) >= 11 is 5.99. The molecule has 2 aromatic heterocycles. The van der Waals surface area contributed by atoms with E-state index in [4.69, 9.17) is 16.0 Å². The third-order valence-electron chi connectivity index (χ3n) is 3.18. The van der Waals surface area contributed by atoms with Gasteiger partial charge < -0.3 is 4.42 Å². The standard InChI is InChI=1S/C15H8ClNO/c16-9-3-4-11-14(8-9)18-13-6-5-12-10(15(11)13)2-1-7-17-12/h1-8H. The highest BCUT2D eigenvalue weighted by atomic mass is 35.5. The van der Waals surface area contributed by atoms with Crippen molar-refractivity contribution < 1.29 is 4.42 Å². The number of nitrogens with zero attached hydrogens (tertiary/aromatic N) is 1. The van der Waals surface area contributed by atoms with E-state index < -0.39 is 0 Å². The molecule has 4 rings (SSSR count). The second-order valence-electron chi connectivity index (χ2n) is 4.25. The molecule has 0 N–H and O–H groups in total. The van der Waals surface area contributed by atoms with Gasteiger partial charge in [-0.2, -0.15) is 0 Å². The van der Waals surface area contributed by atoms with Crippen LogP contribution in [0.1, 0.15) is 0 Å². The second-order valence-corrected chi connectivity index (χ2v) is 4.69. The molecule has 2 aromatic carbocycles. The van der Waals surface area contributed by atoms with Gasteiger partial charge in [-0.1, -0.05) is 17.7 Å². The maximum atomic E-state index is 5.99. The molecule has 0 aliphatic rings. The van der Waals surface area contributed by atoms with E-state index in [1.54, 1.807) is 6.20 Å². The van der Waals surface area contributed by atoms with Crippen molar-refractivity contribution in [2.24, 2.45) is 0 Å². The van der Waals surface area contributed by atoms with E-state index >= 15 is 0 Å². The number of fused-ring (bicyclic) bond motifs is 5. The van der Waals surface area contributed by atoms with E-state index in [9.17, 15) is 0 Å². The Labute approximate surface area is 108 Å². The molecule has 18 heavy (non-hydrogen) atoms. The van der Waals surface area contributed by atoms with E-state index in [2.05, 4.69) is 11.1 Å². The average molecular weight is 254 g/mol. The zero-order valence-corrected chi connectivity index (χ0v) is 10.1. The van der Waals surface area contributed by atoms with E-state index in [0.717, 1.165) is 32.8 Å². The number of rotatable bonds is 0. The third-order valence-corrected chi connectivity index (χ3v) is 3.41. The first-order valence-electron chi connectivity index (χ1n) is 5.68. The molecule has 0 radical (unpaired) electrons. The van der Waals surface area contributed by atoms with Crippen LogP contribution in [0.3, 0.4) is 0 Å². The molecule has 0 unspecified atom stereocenters. The summed E-state index contributed by atoms with van der Waals surface area (Å²) in [5.74, 6) is 0. The highest BCUT2D eigenvalue weighted by Gasteiger charge is 2.10. The molecule has 0 aliphatic carbocycles. The van der Waals surface area contributed by atoms with Gasteiger partial charge in [0, 0.05) is 33.4 Å². The largest absolute Gasteiger partial charge is 0.456 e. The quantitative estimate of drug-likeness (QED) is 0.450. The van der Waals surface area contributed by atoms with Crippen molar-refractivity contribution in [1.82, 2.24) is 4.98 Å². The maximum absolute atomic E-state index is 5.99. The Kier molecular flexibility index (Phi) is 1.91. The third kappa shape index (κ3) is 1.27. The minimum absolute atomic E-state index is 0.684. The molecular formula is C15H8ClNO. The fraction of sp³-hybridized carbons (Fsp3) is 0. The first kappa shape index (κ1) is 9.92. The molecule has 4 aromatic rings. The molecule has 2 nitrogen and oxygen atoms in total. The summed E-state index contributed by atoms with van der Waals surface area (Å²) in [6.45, 7) is 0. The summed E-state index contributed by atoms with van der Waals surface area (Å²) in [6, 6.07) is 13.7. The van der Waals surface area contributed by atoms with E-state index in [0.29, 0.717) is 5.02 Å². The Morgan fingerprint density at radius 1 is 0.944 bits per heavy atom. The molecule has 86 valence electrons. The van der Waals surface area contributed by atoms with Crippen LogP contribution in [-0.2, 0) is 0 Å². The number of hydrogen-bond donors (Lipinski definition) is 0. The summed E-state index contributed by atoms with van der Waals surface area (Å²) in [6.07, 6.45) is 1.80. The van der Waals surface area contributed by atoms with Gasteiger partial charge in [0.2, 0.25) is 0 Å². The first-order valence-corrected chi connectivity index (χ1v) is 6.06. The second kappa shape index (κ2) is 3.47. The van der Waals surface area contributed by atoms with Crippen LogP contribution >= 0.6 is 11.6 Å². The van der Waals surface area contributed by atoms with Gasteiger partial charge in [-0.15, -0.1) is 0 Å². The topological polar surface area (TPSA) is 26.0 Å². The van der Waals surface area contributed by atoms with Crippen LogP contribution in [0.25, 0.3) is 32.8 Å². The lowest BCUT2D eigenvalue weighted by Crippen LogP contribution is -1.77. The molecule has 0 saturated heterocycles. The monoisotopic (exact) mass is 253 g/mol. The highest BCUT2D eigenvalue weighted by Crippen LogP contribution is 2.34. The Morgan fingerprint density at radius 3 is 2.83 bits per heavy atom. The zero-order chi connectivity index (χ0) is 12.1. The predicted molar refractivity (Wildman–Crippen MR) is 74.0 cm³/mol. The van der Waals surface area contributed by atoms with Gasteiger partial charge in [0.1, 0.15) is 11.2 Å². The summed E-state index contributed by atoms with van der Waals surface area (Å²) in [5, 5.41) is 3.97. The fourth-order valence-electron chi connectivity index (χ4n) is 2.40. The van der Waals surface area contributed by atoms with Crippen LogP contribution in [0, 0.1) is 0 Å². The van der Waals surface area contributed by atoms with Crippen LogP contribution in [0.4, 0.5) is 0 Å². The van der Waals surface area contributed by atoms with Gasteiger partial charge in [0.15, 0.2) is 0 Å². The fourth-order valence-corrected chi connectivity index (χ4v) is 2.56. The summed E-state index contributed by atoms with van der Waals surface area (Å²) in [4.78, 5) is 4.37. The molecule has 0 aliphatic heterocycles. The maximum Gasteiger partial charge on any atom is 0.136 e. The van der Waals surface area contributed by atoms with Crippen molar-refractivity contribution in [1.29, 1.82) is 0 Å². The summed E-state index contributed by atoms with van der Waals surface area (Å²) < 4.78 is 5.83. The Balaban J connectivity index is 2.33. The Morgan fingerprint density at radius 2 is 1.89 bits per heavy atom. The van der Waals surface area contributed by atoms with Gasteiger partial charge >= 0.3 is 0 Å². The first-order chi connectivity index (χ1) is 8.83. The predicted octanol–water partition coefficient (Wildman–Crippen LogP) is 4.79. The van der Waals surface area contributed by atoms with Crippen molar-refractivity contribution in [2.45, 2.75) is 0 Å². The van der Waals surface area contributed by atoms with Crippen LogP contribution < -0.4 is 0 Å². The van der Waals surface area contributed by atoms with Crippen molar-refractivity contribution in [2.75, 3.05) is 0 Å². The molecule has 2 heterocycles. The summed E-state index contributed by atoms with van der Waals surface area (Å²) in [7, 11) is 0. The van der Waals surface area contributed by atoms with E-state index in [-0.39, 0.29) is 0 Å². The molecule has 0 spiro atoms. The normalized spacial score (nSPS) is 11.6. The molecular weight excluding hydrogens is 246 g/mol. The lowest BCUT2D eigenvalue weighted by Gasteiger charge is -1.97. The molecule has 0 atom stereocenters. The lowest BCUT2D eigenvalue weighted by molar-refractivity contribution is 0.669. The van der Waals surface area contributed by atoms with E-state index in [1.807, 2.05) is 36.4 Å². The molecule has 3 heteroatoms. The minimum atomic E-state index is 0.684. The van der Waals surface area contributed by atoms with Crippen molar-refractivity contribution >= 4 is 44.4 Å². The Bertz CT molecular complexity index is 895. The molecule has 0 fully saturated rings. The SMILES string of the molecule is Clc1ccc2c(c1)oc1ccc3ncccc3c12. The average Bonchev–Trinajstić information content (AvgIpc) is 2.76.